The van der Waals surface area contributed by atoms with Gasteiger partial charge in [0.15, 0.2) is 0 Å². The summed E-state index contributed by atoms with van der Waals surface area (Å²) in [6.45, 7) is 6.67. The van der Waals surface area contributed by atoms with Gasteiger partial charge in [0.1, 0.15) is 0 Å². The smallest absolute Gasteiger partial charge is 0.0822 e. The molecule has 1 heteroatoms. The zero-order chi connectivity index (χ0) is 7.40. The standard InChI is InChI=1S/C9H14O/c1-3-8(4-2)9-6-5-7-10-9/h3-4,9H,1,5-7H2,2H3/b8-4+. The average molecular weight is 138 g/mol. The van der Waals surface area contributed by atoms with Gasteiger partial charge in [-0.1, -0.05) is 18.7 Å². The van der Waals surface area contributed by atoms with E-state index < -0.39 is 0 Å². The first-order chi connectivity index (χ1) is 4.88. The van der Waals surface area contributed by atoms with Crippen molar-refractivity contribution < 1.29 is 4.74 Å². The SMILES string of the molecule is C=C/C(=C\C)C1CCCO1. The van der Waals surface area contributed by atoms with Crippen LogP contribution in [0.2, 0.25) is 0 Å². The lowest BCUT2D eigenvalue weighted by atomic mass is 10.1. The maximum absolute atomic E-state index is 5.46. The molecule has 0 aromatic carbocycles. The molecule has 1 aliphatic rings. The van der Waals surface area contributed by atoms with Crippen LogP contribution in [0.3, 0.4) is 0 Å². The lowest BCUT2D eigenvalue weighted by Gasteiger charge is -2.08. The second-order valence-electron chi connectivity index (χ2n) is 2.49. The fourth-order valence-corrected chi connectivity index (χ4v) is 1.28. The van der Waals surface area contributed by atoms with Gasteiger partial charge in [0.2, 0.25) is 0 Å². The Kier molecular flexibility index (Phi) is 2.69. The Morgan fingerprint density at radius 2 is 2.50 bits per heavy atom. The fourth-order valence-electron chi connectivity index (χ4n) is 1.28. The quantitative estimate of drug-likeness (QED) is 0.532. The van der Waals surface area contributed by atoms with Crippen molar-refractivity contribution >= 4 is 0 Å². The van der Waals surface area contributed by atoms with Crippen LogP contribution in [0.4, 0.5) is 0 Å². The molecule has 1 nitrogen and oxygen atoms in total. The van der Waals surface area contributed by atoms with E-state index in [0.29, 0.717) is 6.10 Å². The van der Waals surface area contributed by atoms with Crippen LogP contribution in [0.25, 0.3) is 0 Å². The average Bonchev–Trinajstić information content (AvgIpc) is 2.43. The highest BCUT2D eigenvalue weighted by molar-refractivity contribution is 5.20. The van der Waals surface area contributed by atoms with Gasteiger partial charge in [-0.25, -0.2) is 0 Å². The van der Waals surface area contributed by atoms with Crippen molar-refractivity contribution in [3.8, 4) is 0 Å². The van der Waals surface area contributed by atoms with Gasteiger partial charge in [-0.3, -0.25) is 0 Å². The Hall–Kier alpha value is -0.560. The zero-order valence-corrected chi connectivity index (χ0v) is 6.47. The molecule has 0 radical (unpaired) electrons. The summed E-state index contributed by atoms with van der Waals surface area (Å²) in [5, 5.41) is 0. The summed E-state index contributed by atoms with van der Waals surface area (Å²) in [5.41, 5.74) is 1.23. The van der Waals surface area contributed by atoms with Crippen molar-refractivity contribution in [1.29, 1.82) is 0 Å². The number of rotatable bonds is 2. The predicted octanol–water partition coefficient (Wildman–Crippen LogP) is 2.30. The summed E-state index contributed by atoms with van der Waals surface area (Å²) in [7, 11) is 0. The zero-order valence-electron chi connectivity index (χ0n) is 6.47. The Morgan fingerprint density at radius 3 is 2.90 bits per heavy atom. The van der Waals surface area contributed by atoms with Gasteiger partial charge in [-0.05, 0) is 25.3 Å². The van der Waals surface area contributed by atoms with Crippen molar-refractivity contribution in [2.24, 2.45) is 0 Å². The van der Waals surface area contributed by atoms with Crippen LogP contribution in [0.5, 0.6) is 0 Å². The lowest BCUT2D eigenvalue weighted by Crippen LogP contribution is -2.06. The van der Waals surface area contributed by atoms with Gasteiger partial charge in [0, 0.05) is 6.61 Å². The van der Waals surface area contributed by atoms with E-state index in [1.807, 2.05) is 13.0 Å². The first kappa shape index (κ1) is 7.55. The number of allylic oxidation sites excluding steroid dienone is 1. The van der Waals surface area contributed by atoms with E-state index in [-0.39, 0.29) is 0 Å². The third kappa shape index (κ3) is 1.48. The molecular formula is C9H14O. The predicted molar refractivity (Wildman–Crippen MR) is 42.9 cm³/mol. The minimum atomic E-state index is 0.336. The summed E-state index contributed by atoms with van der Waals surface area (Å²) in [6, 6.07) is 0. The molecule has 0 saturated carbocycles. The molecule has 1 rings (SSSR count). The van der Waals surface area contributed by atoms with E-state index in [1.165, 1.54) is 12.0 Å². The molecular weight excluding hydrogens is 124 g/mol. The van der Waals surface area contributed by atoms with Gasteiger partial charge in [-0.2, -0.15) is 0 Å². The van der Waals surface area contributed by atoms with Crippen molar-refractivity contribution in [3.05, 3.63) is 24.3 Å². The Morgan fingerprint density at radius 1 is 1.70 bits per heavy atom. The minimum absolute atomic E-state index is 0.336. The Labute approximate surface area is 62.4 Å². The normalized spacial score (nSPS) is 26.9. The number of hydrogen-bond donors (Lipinski definition) is 0. The maximum Gasteiger partial charge on any atom is 0.0822 e. The Balaban J connectivity index is 2.53. The monoisotopic (exact) mass is 138 g/mol. The van der Waals surface area contributed by atoms with Gasteiger partial charge in [0.05, 0.1) is 6.10 Å². The first-order valence-corrected chi connectivity index (χ1v) is 3.78. The maximum atomic E-state index is 5.46. The second kappa shape index (κ2) is 3.57. The van der Waals surface area contributed by atoms with Crippen molar-refractivity contribution in [1.82, 2.24) is 0 Å². The molecule has 0 aromatic heterocycles. The molecule has 1 heterocycles. The molecule has 0 aromatic rings. The lowest BCUT2D eigenvalue weighted by molar-refractivity contribution is 0.139. The second-order valence-corrected chi connectivity index (χ2v) is 2.49. The third-order valence-electron chi connectivity index (χ3n) is 1.87. The van der Waals surface area contributed by atoms with E-state index in [2.05, 4.69) is 12.7 Å². The van der Waals surface area contributed by atoms with Gasteiger partial charge >= 0.3 is 0 Å². The summed E-state index contributed by atoms with van der Waals surface area (Å²) < 4.78 is 5.46. The molecule has 1 saturated heterocycles. The molecule has 0 spiro atoms. The highest BCUT2D eigenvalue weighted by Crippen LogP contribution is 2.19. The van der Waals surface area contributed by atoms with E-state index in [9.17, 15) is 0 Å². The minimum Gasteiger partial charge on any atom is -0.374 e. The van der Waals surface area contributed by atoms with E-state index >= 15 is 0 Å². The Bertz CT molecular complexity index is 141. The van der Waals surface area contributed by atoms with Crippen LogP contribution in [0, 0.1) is 0 Å². The van der Waals surface area contributed by atoms with Crippen molar-refractivity contribution in [2.75, 3.05) is 6.61 Å². The topological polar surface area (TPSA) is 9.23 Å². The van der Waals surface area contributed by atoms with Crippen molar-refractivity contribution in [2.45, 2.75) is 25.9 Å². The molecule has 56 valence electrons. The number of ether oxygens (including phenoxy) is 1. The van der Waals surface area contributed by atoms with Gasteiger partial charge in [0.25, 0.3) is 0 Å². The van der Waals surface area contributed by atoms with E-state index in [0.717, 1.165) is 13.0 Å². The van der Waals surface area contributed by atoms with E-state index in [1.54, 1.807) is 0 Å². The highest BCUT2D eigenvalue weighted by Gasteiger charge is 2.16. The van der Waals surface area contributed by atoms with Crippen molar-refractivity contribution in [3.63, 3.8) is 0 Å². The largest absolute Gasteiger partial charge is 0.374 e. The molecule has 1 fully saturated rings. The van der Waals surface area contributed by atoms with E-state index in [4.69, 9.17) is 4.74 Å². The van der Waals surface area contributed by atoms with Crippen LogP contribution < -0.4 is 0 Å². The van der Waals surface area contributed by atoms with Crippen LogP contribution in [0.1, 0.15) is 19.8 Å². The summed E-state index contributed by atoms with van der Waals surface area (Å²) in [5.74, 6) is 0. The molecule has 0 amide bonds. The molecule has 1 atom stereocenters. The highest BCUT2D eigenvalue weighted by atomic mass is 16.5. The number of hydrogen-bond acceptors (Lipinski definition) is 1. The van der Waals surface area contributed by atoms with Gasteiger partial charge < -0.3 is 4.74 Å². The third-order valence-corrected chi connectivity index (χ3v) is 1.87. The molecule has 0 bridgehead atoms. The summed E-state index contributed by atoms with van der Waals surface area (Å²) >= 11 is 0. The molecule has 1 unspecified atom stereocenters. The summed E-state index contributed by atoms with van der Waals surface area (Å²) in [4.78, 5) is 0. The molecule has 1 aliphatic heterocycles. The fraction of sp³-hybridized carbons (Fsp3) is 0.556. The first-order valence-electron chi connectivity index (χ1n) is 3.78. The van der Waals surface area contributed by atoms with Crippen LogP contribution in [0.15, 0.2) is 24.3 Å². The van der Waals surface area contributed by atoms with Crippen LogP contribution in [-0.4, -0.2) is 12.7 Å². The van der Waals surface area contributed by atoms with Gasteiger partial charge in [-0.15, -0.1) is 0 Å². The molecule has 0 N–H and O–H groups in total. The van der Waals surface area contributed by atoms with Crippen LogP contribution >= 0.6 is 0 Å². The van der Waals surface area contributed by atoms with Crippen LogP contribution in [-0.2, 0) is 4.74 Å². The summed E-state index contributed by atoms with van der Waals surface area (Å²) in [6.07, 6.45) is 6.64. The molecule has 10 heavy (non-hydrogen) atoms. The molecule has 0 aliphatic carbocycles.